The average Bonchev–Trinajstić information content (AvgIpc) is 2.68. The molecule has 0 saturated carbocycles. The topological polar surface area (TPSA) is 71.5 Å². The van der Waals surface area contributed by atoms with Gasteiger partial charge < -0.3 is 15.0 Å². The molecular weight excluding hydrogens is 318 g/mol. The first-order chi connectivity index (χ1) is 12.2. The normalized spacial score (nSPS) is 14.0. The van der Waals surface area contributed by atoms with Crippen LogP contribution in [0.3, 0.4) is 0 Å². The van der Waals surface area contributed by atoms with Crippen molar-refractivity contribution >= 4 is 17.5 Å². The van der Waals surface area contributed by atoms with E-state index in [9.17, 15) is 9.59 Å². The second kappa shape index (κ2) is 7.79. The van der Waals surface area contributed by atoms with E-state index in [1.807, 2.05) is 4.90 Å². The van der Waals surface area contributed by atoms with Crippen LogP contribution in [0.4, 0.5) is 5.69 Å². The molecule has 0 unspecified atom stereocenters. The number of anilines is 1. The Bertz CT molecular complexity index is 753. The quantitative estimate of drug-likeness (QED) is 0.929. The summed E-state index contributed by atoms with van der Waals surface area (Å²) in [5.74, 6) is 0.353. The van der Waals surface area contributed by atoms with Gasteiger partial charge in [-0.3, -0.25) is 14.6 Å². The van der Waals surface area contributed by atoms with Gasteiger partial charge in [0.2, 0.25) is 0 Å². The number of piperidine rings is 1. The zero-order chi connectivity index (χ0) is 17.6. The summed E-state index contributed by atoms with van der Waals surface area (Å²) in [6.07, 6.45) is 6.19. The predicted octanol–water partition coefficient (Wildman–Crippen LogP) is 2.97. The molecule has 1 aromatic carbocycles. The van der Waals surface area contributed by atoms with Crippen LogP contribution in [0.2, 0.25) is 0 Å². The summed E-state index contributed by atoms with van der Waals surface area (Å²) >= 11 is 0. The summed E-state index contributed by atoms with van der Waals surface area (Å²) < 4.78 is 5.09. The van der Waals surface area contributed by atoms with Crippen LogP contribution in [0.5, 0.6) is 5.75 Å². The Kier molecular flexibility index (Phi) is 5.28. The van der Waals surface area contributed by atoms with Gasteiger partial charge in [0.15, 0.2) is 0 Å². The van der Waals surface area contributed by atoms with Crippen molar-refractivity contribution in [3.05, 3.63) is 53.9 Å². The molecule has 1 aliphatic rings. The number of nitrogens with one attached hydrogen (secondary N) is 1. The molecule has 2 aromatic rings. The van der Waals surface area contributed by atoms with Gasteiger partial charge in [-0.25, -0.2) is 0 Å². The van der Waals surface area contributed by atoms with Gasteiger partial charge in [-0.1, -0.05) is 0 Å². The number of nitrogens with zero attached hydrogens (tertiary/aromatic N) is 2. The van der Waals surface area contributed by atoms with Crippen molar-refractivity contribution in [1.29, 1.82) is 0 Å². The summed E-state index contributed by atoms with van der Waals surface area (Å²) in [7, 11) is 1.59. The minimum absolute atomic E-state index is 0.0636. The molecular formula is C19H21N3O3. The highest BCUT2D eigenvalue weighted by Crippen LogP contribution is 2.17. The van der Waals surface area contributed by atoms with Gasteiger partial charge in [0.05, 0.1) is 18.2 Å². The Morgan fingerprint density at radius 1 is 1.04 bits per heavy atom. The van der Waals surface area contributed by atoms with Crippen molar-refractivity contribution in [2.24, 2.45) is 0 Å². The Morgan fingerprint density at radius 2 is 1.72 bits per heavy atom. The van der Waals surface area contributed by atoms with E-state index < -0.39 is 0 Å². The Balaban J connectivity index is 1.71. The molecule has 0 radical (unpaired) electrons. The van der Waals surface area contributed by atoms with Gasteiger partial charge >= 0.3 is 0 Å². The molecule has 1 fully saturated rings. The molecule has 3 rings (SSSR count). The maximum atomic E-state index is 12.5. The first-order valence-corrected chi connectivity index (χ1v) is 8.37. The number of amides is 2. The van der Waals surface area contributed by atoms with Crippen LogP contribution >= 0.6 is 0 Å². The van der Waals surface area contributed by atoms with Crippen molar-refractivity contribution in [1.82, 2.24) is 9.88 Å². The number of carbonyl (C=O) groups is 2. The third kappa shape index (κ3) is 4.15. The lowest BCUT2D eigenvalue weighted by molar-refractivity contribution is 0.0724. The molecule has 0 spiro atoms. The minimum Gasteiger partial charge on any atom is -0.497 e. The summed E-state index contributed by atoms with van der Waals surface area (Å²) in [5, 5.41) is 2.80. The highest BCUT2D eigenvalue weighted by Gasteiger charge is 2.19. The summed E-state index contributed by atoms with van der Waals surface area (Å²) in [6.45, 7) is 1.53. The summed E-state index contributed by atoms with van der Waals surface area (Å²) in [5.41, 5.74) is 1.46. The minimum atomic E-state index is -0.300. The molecule has 130 valence electrons. The number of pyridine rings is 1. The highest BCUT2D eigenvalue weighted by molar-refractivity contribution is 6.05. The lowest BCUT2D eigenvalue weighted by Gasteiger charge is -2.26. The molecule has 0 aliphatic carbocycles. The van der Waals surface area contributed by atoms with E-state index in [4.69, 9.17) is 4.74 Å². The van der Waals surface area contributed by atoms with E-state index in [2.05, 4.69) is 10.3 Å². The van der Waals surface area contributed by atoms with E-state index in [-0.39, 0.29) is 11.8 Å². The van der Waals surface area contributed by atoms with E-state index in [1.165, 1.54) is 12.4 Å². The van der Waals surface area contributed by atoms with E-state index >= 15 is 0 Å². The number of benzene rings is 1. The molecule has 0 bridgehead atoms. The number of hydrogen-bond acceptors (Lipinski definition) is 4. The number of methoxy groups -OCH3 is 1. The molecule has 25 heavy (non-hydrogen) atoms. The predicted molar refractivity (Wildman–Crippen MR) is 94.9 cm³/mol. The van der Waals surface area contributed by atoms with Gasteiger partial charge in [0, 0.05) is 31.2 Å². The monoisotopic (exact) mass is 339 g/mol. The first kappa shape index (κ1) is 17.0. The number of carbonyl (C=O) groups excluding carboxylic acids is 2. The number of aromatic nitrogens is 1. The number of hydrogen-bond donors (Lipinski definition) is 1. The van der Waals surface area contributed by atoms with Crippen LogP contribution in [0.25, 0.3) is 0 Å². The lowest BCUT2D eigenvalue weighted by atomic mass is 10.1. The second-order valence-electron chi connectivity index (χ2n) is 6.00. The van der Waals surface area contributed by atoms with Crippen molar-refractivity contribution < 1.29 is 14.3 Å². The zero-order valence-corrected chi connectivity index (χ0v) is 14.2. The van der Waals surface area contributed by atoms with Gasteiger partial charge in [0.25, 0.3) is 11.8 Å². The third-order valence-corrected chi connectivity index (χ3v) is 4.24. The van der Waals surface area contributed by atoms with Crippen LogP contribution in [0.1, 0.15) is 40.0 Å². The third-order valence-electron chi connectivity index (χ3n) is 4.24. The second-order valence-corrected chi connectivity index (χ2v) is 6.00. The smallest absolute Gasteiger partial charge is 0.257 e. The largest absolute Gasteiger partial charge is 0.497 e. The number of ether oxygens (including phenoxy) is 1. The molecule has 6 nitrogen and oxygen atoms in total. The van der Waals surface area contributed by atoms with Crippen LogP contribution in [-0.4, -0.2) is 41.9 Å². The fourth-order valence-corrected chi connectivity index (χ4v) is 2.84. The standard InChI is InChI=1S/C19H21N3O3/c1-25-17-7-5-16(6-8-17)21-18(23)14-11-15(13-20-12-14)19(24)22-9-3-2-4-10-22/h5-8,11-13H,2-4,9-10H2,1H3,(H,21,23). The van der Waals surface area contributed by atoms with Crippen LogP contribution in [0.15, 0.2) is 42.7 Å². The molecule has 1 saturated heterocycles. The Labute approximate surface area is 146 Å². The SMILES string of the molecule is COc1ccc(NC(=O)c2cncc(C(=O)N3CCCCC3)c2)cc1. The highest BCUT2D eigenvalue weighted by atomic mass is 16.5. The van der Waals surface area contributed by atoms with Gasteiger partial charge in [-0.05, 0) is 49.6 Å². The molecule has 6 heteroatoms. The molecule has 1 N–H and O–H groups in total. The van der Waals surface area contributed by atoms with Crippen molar-refractivity contribution in [2.75, 3.05) is 25.5 Å². The maximum Gasteiger partial charge on any atom is 0.257 e. The Hall–Kier alpha value is -2.89. The van der Waals surface area contributed by atoms with E-state index in [0.29, 0.717) is 22.6 Å². The summed E-state index contributed by atoms with van der Waals surface area (Å²) in [6, 6.07) is 8.65. The fraction of sp³-hybridized carbons (Fsp3) is 0.316. The average molecular weight is 339 g/mol. The van der Waals surface area contributed by atoms with Gasteiger partial charge in [-0.2, -0.15) is 0 Å². The van der Waals surface area contributed by atoms with E-state index in [0.717, 1.165) is 32.4 Å². The van der Waals surface area contributed by atoms with Crippen LogP contribution in [0, 0.1) is 0 Å². The fourth-order valence-electron chi connectivity index (χ4n) is 2.84. The Morgan fingerprint density at radius 3 is 2.40 bits per heavy atom. The van der Waals surface area contributed by atoms with Crippen molar-refractivity contribution in [2.45, 2.75) is 19.3 Å². The van der Waals surface area contributed by atoms with Crippen LogP contribution in [-0.2, 0) is 0 Å². The number of likely N-dealkylation sites (tertiary alicyclic amines) is 1. The van der Waals surface area contributed by atoms with E-state index in [1.54, 1.807) is 37.4 Å². The summed E-state index contributed by atoms with van der Waals surface area (Å²) in [4.78, 5) is 30.8. The molecule has 1 aliphatic heterocycles. The van der Waals surface area contributed by atoms with Crippen molar-refractivity contribution in [3.8, 4) is 5.75 Å². The molecule has 2 amide bonds. The van der Waals surface area contributed by atoms with Crippen molar-refractivity contribution in [3.63, 3.8) is 0 Å². The maximum absolute atomic E-state index is 12.5. The van der Waals surface area contributed by atoms with Gasteiger partial charge in [0.1, 0.15) is 5.75 Å². The van der Waals surface area contributed by atoms with Crippen LogP contribution < -0.4 is 10.1 Å². The lowest BCUT2D eigenvalue weighted by Crippen LogP contribution is -2.35. The number of rotatable bonds is 4. The van der Waals surface area contributed by atoms with Gasteiger partial charge in [-0.15, -0.1) is 0 Å². The zero-order valence-electron chi connectivity index (χ0n) is 14.2. The molecule has 0 atom stereocenters. The molecule has 2 heterocycles. The molecule has 1 aromatic heterocycles. The first-order valence-electron chi connectivity index (χ1n) is 8.37.